The van der Waals surface area contributed by atoms with E-state index in [0.717, 1.165) is 11.4 Å². The molecule has 0 atom stereocenters. The van der Waals surface area contributed by atoms with Gasteiger partial charge in [-0.2, -0.15) is 0 Å². The minimum Gasteiger partial charge on any atom is -0.486 e. The molecule has 3 rings (SSSR count). The van der Waals surface area contributed by atoms with Gasteiger partial charge in [0.2, 0.25) is 5.91 Å². The Morgan fingerprint density at radius 2 is 2.08 bits per heavy atom. The Bertz CT molecular complexity index is 804. The molecule has 1 N–H and O–H groups in total. The van der Waals surface area contributed by atoms with Gasteiger partial charge >= 0.3 is 0 Å². The van der Waals surface area contributed by atoms with Crippen LogP contribution < -0.4 is 19.7 Å². The van der Waals surface area contributed by atoms with E-state index in [1.807, 2.05) is 25.1 Å². The molecule has 0 aliphatic carbocycles. The Balaban J connectivity index is 1.67. The first-order valence-electron chi connectivity index (χ1n) is 7.74. The highest BCUT2D eigenvalue weighted by atomic mass is 35.5. The average molecular weight is 360 g/mol. The molecule has 6 nitrogen and oxygen atoms in total. The monoisotopic (exact) mass is 359 g/mol. The Hall–Kier alpha value is -2.73. The number of aromatic nitrogens is 1. The van der Waals surface area contributed by atoms with Crippen molar-refractivity contribution < 1.29 is 14.3 Å². The second kappa shape index (κ2) is 7.44. The number of nitrogens with one attached hydrogen (secondary N) is 1. The van der Waals surface area contributed by atoms with Crippen LogP contribution in [0.1, 0.15) is 5.56 Å². The third-order valence-electron chi connectivity index (χ3n) is 3.52. The van der Waals surface area contributed by atoms with Crippen LogP contribution in [0.2, 0.25) is 5.02 Å². The van der Waals surface area contributed by atoms with E-state index in [1.54, 1.807) is 30.5 Å². The predicted molar refractivity (Wildman–Crippen MR) is 98.7 cm³/mol. The lowest BCUT2D eigenvalue weighted by Crippen LogP contribution is -2.15. The van der Waals surface area contributed by atoms with E-state index < -0.39 is 0 Å². The molecule has 0 spiro atoms. The van der Waals surface area contributed by atoms with Crippen molar-refractivity contribution in [2.45, 2.75) is 0 Å². The van der Waals surface area contributed by atoms with Crippen LogP contribution in [-0.2, 0) is 4.79 Å². The van der Waals surface area contributed by atoms with Gasteiger partial charge in [-0.05, 0) is 35.9 Å². The molecule has 1 aromatic carbocycles. The molecule has 2 aromatic rings. The van der Waals surface area contributed by atoms with Crippen LogP contribution in [0.5, 0.6) is 11.5 Å². The number of hydrogen-bond donors (Lipinski definition) is 1. The van der Waals surface area contributed by atoms with Crippen molar-refractivity contribution in [1.29, 1.82) is 0 Å². The number of ether oxygens (including phenoxy) is 2. The third kappa shape index (κ3) is 4.22. The number of benzene rings is 1. The summed E-state index contributed by atoms with van der Waals surface area (Å²) in [5, 5.41) is 3.22. The summed E-state index contributed by atoms with van der Waals surface area (Å²) in [5.41, 5.74) is 1.38. The number of fused-ring (bicyclic) bond motifs is 1. The Labute approximate surface area is 151 Å². The first kappa shape index (κ1) is 17.1. The lowest BCUT2D eigenvalue weighted by molar-refractivity contribution is -0.111. The molecule has 2 heterocycles. The first-order valence-corrected chi connectivity index (χ1v) is 8.12. The van der Waals surface area contributed by atoms with Gasteiger partial charge in [-0.15, -0.1) is 0 Å². The fourth-order valence-corrected chi connectivity index (χ4v) is 2.58. The topological polar surface area (TPSA) is 63.7 Å². The van der Waals surface area contributed by atoms with Crippen LogP contribution in [0.25, 0.3) is 6.08 Å². The number of hydrogen-bond acceptors (Lipinski definition) is 5. The standard InChI is InChI=1S/C18H18ClN3O3/c1-22(2)16-5-4-13(11-20-16)21-17(23)6-3-12-9-14(19)18-15(10-12)24-7-8-25-18/h3-6,9-11H,7-8H2,1-2H3,(H,21,23). The van der Waals surface area contributed by atoms with E-state index in [1.165, 1.54) is 6.08 Å². The molecule has 0 radical (unpaired) electrons. The quantitative estimate of drug-likeness (QED) is 0.849. The Kier molecular flexibility index (Phi) is 5.09. The smallest absolute Gasteiger partial charge is 0.248 e. The number of pyridine rings is 1. The fraction of sp³-hybridized carbons (Fsp3) is 0.222. The maximum absolute atomic E-state index is 12.1. The Morgan fingerprint density at radius 3 is 2.80 bits per heavy atom. The lowest BCUT2D eigenvalue weighted by atomic mass is 10.1. The molecule has 1 aromatic heterocycles. The summed E-state index contributed by atoms with van der Waals surface area (Å²) in [6.07, 6.45) is 4.71. The van der Waals surface area contributed by atoms with E-state index in [4.69, 9.17) is 21.1 Å². The van der Waals surface area contributed by atoms with E-state index in [9.17, 15) is 4.79 Å². The van der Waals surface area contributed by atoms with Gasteiger partial charge in [-0.1, -0.05) is 11.6 Å². The maximum atomic E-state index is 12.1. The van der Waals surface area contributed by atoms with Crippen molar-refractivity contribution in [2.24, 2.45) is 0 Å². The second-order valence-electron chi connectivity index (χ2n) is 5.65. The number of amides is 1. The van der Waals surface area contributed by atoms with Crippen molar-refractivity contribution in [2.75, 3.05) is 37.5 Å². The summed E-state index contributed by atoms with van der Waals surface area (Å²) in [4.78, 5) is 18.2. The molecule has 1 aliphatic heterocycles. The highest BCUT2D eigenvalue weighted by molar-refractivity contribution is 6.32. The van der Waals surface area contributed by atoms with Gasteiger partial charge in [-0.3, -0.25) is 4.79 Å². The zero-order valence-electron chi connectivity index (χ0n) is 14.0. The normalized spacial score (nSPS) is 12.9. The molecular weight excluding hydrogens is 342 g/mol. The van der Waals surface area contributed by atoms with E-state index in [2.05, 4.69) is 10.3 Å². The average Bonchev–Trinajstić information content (AvgIpc) is 2.60. The Morgan fingerprint density at radius 1 is 1.28 bits per heavy atom. The van der Waals surface area contributed by atoms with Crippen molar-refractivity contribution in [3.8, 4) is 11.5 Å². The number of rotatable bonds is 4. The lowest BCUT2D eigenvalue weighted by Gasteiger charge is -2.19. The van der Waals surface area contributed by atoms with Crippen LogP contribution in [0.4, 0.5) is 11.5 Å². The summed E-state index contributed by atoms with van der Waals surface area (Å²) in [6, 6.07) is 7.15. The fourth-order valence-electron chi connectivity index (χ4n) is 2.31. The molecule has 0 saturated heterocycles. The van der Waals surface area contributed by atoms with Crippen molar-refractivity contribution in [3.05, 3.63) is 47.1 Å². The van der Waals surface area contributed by atoms with Crippen LogP contribution in [0.15, 0.2) is 36.5 Å². The number of halogens is 1. The SMILES string of the molecule is CN(C)c1ccc(NC(=O)C=Cc2cc(Cl)c3c(c2)OCCO3)cn1. The van der Waals surface area contributed by atoms with Crippen LogP contribution >= 0.6 is 11.6 Å². The molecule has 7 heteroatoms. The molecule has 130 valence electrons. The van der Waals surface area contributed by atoms with Crippen LogP contribution in [-0.4, -0.2) is 38.2 Å². The highest BCUT2D eigenvalue weighted by Crippen LogP contribution is 2.38. The van der Waals surface area contributed by atoms with E-state index >= 15 is 0 Å². The summed E-state index contributed by atoms with van der Waals surface area (Å²) in [7, 11) is 3.81. The van der Waals surface area contributed by atoms with Crippen molar-refractivity contribution >= 4 is 35.1 Å². The summed E-state index contributed by atoms with van der Waals surface area (Å²) in [6.45, 7) is 0.956. The van der Waals surface area contributed by atoms with Gasteiger partial charge in [0.25, 0.3) is 0 Å². The zero-order valence-corrected chi connectivity index (χ0v) is 14.7. The van der Waals surface area contributed by atoms with Gasteiger partial charge in [0.05, 0.1) is 16.9 Å². The molecule has 1 aliphatic rings. The minimum absolute atomic E-state index is 0.259. The van der Waals surface area contributed by atoms with Crippen LogP contribution in [0.3, 0.4) is 0 Å². The zero-order chi connectivity index (χ0) is 17.8. The van der Waals surface area contributed by atoms with Gasteiger partial charge < -0.3 is 19.7 Å². The first-order chi connectivity index (χ1) is 12.0. The molecule has 1 amide bonds. The number of nitrogens with zero attached hydrogens (tertiary/aromatic N) is 2. The molecule has 0 fully saturated rings. The van der Waals surface area contributed by atoms with E-state index in [0.29, 0.717) is 35.4 Å². The van der Waals surface area contributed by atoms with Crippen LogP contribution in [0, 0.1) is 0 Å². The summed E-state index contributed by atoms with van der Waals surface area (Å²) >= 11 is 6.18. The molecule has 25 heavy (non-hydrogen) atoms. The van der Waals surface area contributed by atoms with Gasteiger partial charge in [-0.25, -0.2) is 4.98 Å². The third-order valence-corrected chi connectivity index (χ3v) is 3.80. The van der Waals surface area contributed by atoms with Crippen molar-refractivity contribution in [3.63, 3.8) is 0 Å². The largest absolute Gasteiger partial charge is 0.486 e. The van der Waals surface area contributed by atoms with Crippen molar-refractivity contribution in [1.82, 2.24) is 4.98 Å². The predicted octanol–water partition coefficient (Wildman–Crippen LogP) is 3.22. The molecule has 0 unspecified atom stereocenters. The maximum Gasteiger partial charge on any atom is 0.248 e. The van der Waals surface area contributed by atoms with Gasteiger partial charge in [0.1, 0.15) is 19.0 Å². The molecule has 0 bridgehead atoms. The number of carbonyl (C=O) groups is 1. The number of anilines is 2. The molecule has 0 saturated carbocycles. The number of carbonyl (C=O) groups excluding carboxylic acids is 1. The highest BCUT2D eigenvalue weighted by Gasteiger charge is 2.15. The van der Waals surface area contributed by atoms with Gasteiger partial charge in [0, 0.05) is 20.2 Å². The second-order valence-corrected chi connectivity index (χ2v) is 6.06. The molecular formula is C18H18ClN3O3. The van der Waals surface area contributed by atoms with E-state index in [-0.39, 0.29) is 5.91 Å². The minimum atomic E-state index is -0.259. The summed E-state index contributed by atoms with van der Waals surface area (Å²) < 4.78 is 11.0. The summed E-state index contributed by atoms with van der Waals surface area (Å²) in [5.74, 6) is 1.69. The van der Waals surface area contributed by atoms with Gasteiger partial charge in [0.15, 0.2) is 11.5 Å².